The Morgan fingerprint density at radius 2 is 2.17 bits per heavy atom. The summed E-state index contributed by atoms with van der Waals surface area (Å²) in [7, 11) is 0. The highest BCUT2D eigenvalue weighted by atomic mass is 16.5. The summed E-state index contributed by atoms with van der Waals surface area (Å²) in [4.78, 5) is 14.7. The van der Waals surface area contributed by atoms with Gasteiger partial charge >= 0.3 is 0 Å². The summed E-state index contributed by atoms with van der Waals surface area (Å²) in [6.45, 7) is 3.51. The highest BCUT2D eigenvalue weighted by Crippen LogP contribution is 2.37. The van der Waals surface area contributed by atoms with Gasteiger partial charge in [0.05, 0.1) is 12.3 Å². The monoisotopic (exact) mass is 317 g/mol. The van der Waals surface area contributed by atoms with Crippen LogP contribution in [0.2, 0.25) is 0 Å². The number of hydrogen-bond acceptors (Lipinski definition) is 3. The van der Waals surface area contributed by atoms with Crippen LogP contribution in [0, 0.1) is 5.41 Å². The zero-order valence-electron chi connectivity index (χ0n) is 13.9. The Kier molecular flexibility index (Phi) is 4.14. The third-order valence-corrected chi connectivity index (χ3v) is 5.92. The molecule has 126 valence electrons. The first-order chi connectivity index (χ1) is 11.3. The van der Waals surface area contributed by atoms with Crippen LogP contribution in [0.3, 0.4) is 0 Å². The van der Waals surface area contributed by atoms with Gasteiger partial charge in [0.1, 0.15) is 0 Å². The van der Waals surface area contributed by atoms with E-state index in [1.807, 2.05) is 0 Å². The van der Waals surface area contributed by atoms with Gasteiger partial charge in [0, 0.05) is 43.6 Å². The minimum absolute atomic E-state index is 0.249. The molecule has 3 heterocycles. The molecule has 2 fully saturated rings. The van der Waals surface area contributed by atoms with Crippen LogP contribution >= 0.6 is 0 Å². The molecule has 3 aliphatic rings. The number of fused-ring (bicyclic) bond motifs is 1. The number of amides is 1. The van der Waals surface area contributed by atoms with Crippen LogP contribution in [0.1, 0.15) is 55.5 Å². The van der Waals surface area contributed by atoms with E-state index < -0.39 is 0 Å². The number of aryl methyl sites for hydroxylation is 2. The molecule has 0 bridgehead atoms. The lowest BCUT2D eigenvalue weighted by Crippen LogP contribution is -2.46. The standard InChI is InChI=1S/C18H27N3O2/c22-17(21-10-3-8-18(12-21)9-11-23-13-18)7-6-16-14-4-1-2-5-15(14)19-20-16/h1-13H2,(H,19,20)/t18-/m0/s1. The summed E-state index contributed by atoms with van der Waals surface area (Å²) in [5.74, 6) is 0.295. The number of ether oxygens (including phenoxy) is 1. The van der Waals surface area contributed by atoms with Crippen LogP contribution in [0.15, 0.2) is 0 Å². The summed E-state index contributed by atoms with van der Waals surface area (Å²) in [5, 5.41) is 7.65. The minimum Gasteiger partial charge on any atom is -0.381 e. The average Bonchev–Trinajstić information content (AvgIpc) is 3.20. The van der Waals surface area contributed by atoms with Gasteiger partial charge in [0.25, 0.3) is 0 Å². The van der Waals surface area contributed by atoms with Gasteiger partial charge in [-0.1, -0.05) is 0 Å². The molecule has 1 spiro atoms. The largest absolute Gasteiger partial charge is 0.381 e. The third-order valence-electron chi connectivity index (χ3n) is 5.92. The molecule has 1 aliphatic carbocycles. The van der Waals surface area contributed by atoms with Crippen molar-refractivity contribution in [3.8, 4) is 0 Å². The normalized spacial score (nSPS) is 27.4. The smallest absolute Gasteiger partial charge is 0.222 e. The first kappa shape index (κ1) is 15.2. The number of hydrogen-bond donors (Lipinski definition) is 1. The zero-order chi connectivity index (χ0) is 15.7. The van der Waals surface area contributed by atoms with Crippen molar-refractivity contribution in [3.63, 3.8) is 0 Å². The molecule has 1 aromatic heterocycles. The quantitative estimate of drug-likeness (QED) is 0.930. The molecule has 2 aliphatic heterocycles. The molecule has 23 heavy (non-hydrogen) atoms. The van der Waals surface area contributed by atoms with Gasteiger partial charge in [-0.3, -0.25) is 9.89 Å². The van der Waals surface area contributed by atoms with E-state index >= 15 is 0 Å². The molecule has 1 atom stereocenters. The number of carbonyl (C=O) groups is 1. The number of nitrogens with one attached hydrogen (secondary N) is 1. The van der Waals surface area contributed by atoms with Gasteiger partial charge in [-0.15, -0.1) is 0 Å². The van der Waals surface area contributed by atoms with Crippen molar-refractivity contribution in [2.75, 3.05) is 26.3 Å². The third kappa shape index (κ3) is 3.03. The molecule has 1 amide bonds. The Balaban J connectivity index is 1.35. The number of aromatic nitrogens is 2. The van der Waals surface area contributed by atoms with Crippen LogP contribution < -0.4 is 0 Å². The van der Waals surface area contributed by atoms with Gasteiger partial charge in [0.2, 0.25) is 5.91 Å². The number of likely N-dealkylation sites (tertiary alicyclic amines) is 1. The summed E-state index contributed by atoms with van der Waals surface area (Å²) in [6, 6.07) is 0. The molecular weight excluding hydrogens is 290 g/mol. The lowest BCUT2D eigenvalue weighted by molar-refractivity contribution is -0.134. The van der Waals surface area contributed by atoms with Crippen LogP contribution in [0.5, 0.6) is 0 Å². The predicted molar refractivity (Wildman–Crippen MR) is 87.2 cm³/mol. The first-order valence-electron chi connectivity index (χ1n) is 9.16. The van der Waals surface area contributed by atoms with Crippen molar-refractivity contribution in [1.29, 1.82) is 0 Å². The van der Waals surface area contributed by atoms with Crippen LogP contribution in [0.25, 0.3) is 0 Å². The van der Waals surface area contributed by atoms with E-state index in [1.54, 1.807) is 0 Å². The van der Waals surface area contributed by atoms with Crippen molar-refractivity contribution in [2.24, 2.45) is 5.41 Å². The van der Waals surface area contributed by atoms with Crippen molar-refractivity contribution in [3.05, 3.63) is 17.0 Å². The van der Waals surface area contributed by atoms with E-state index in [-0.39, 0.29) is 5.41 Å². The Morgan fingerprint density at radius 1 is 1.26 bits per heavy atom. The molecule has 2 saturated heterocycles. The van der Waals surface area contributed by atoms with Gasteiger partial charge in [-0.25, -0.2) is 0 Å². The van der Waals surface area contributed by atoms with E-state index in [4.69, 9.17) is 4.74 Å². The number of carbonyl (C=O) groups excluding carboxylic acids is 1. The first-order valence-corrected chi connectivity index (χ1v) is 9.16. The van der Waals surface area contributed by atoms with E-state index in [0.717, 1.165) is 64.1 Å². The topological polar surface area (TPSA) is 58.2 Å². The fourth-order valence-electron chi connectivity index (χ4n) is 4.53. The second-order valence-electron chi connectivity index (χ2n) is 7.56. The molecule has 0 radical (unpaired) electrons. The van der Waals surface area contributed by atoms with Gasteiger partial charge in [0.15, 0.2) is 0 Å². The fourth-order valence-corrected chi connectivity index (χ4v) is 4.53. The number of aromatic amines is 1. The lowest BCUT2D eigenvalue weighted by Gasteiger charge is -2.39. The average molecular weight is 317 g/mol. The molecule has 5 nitrogen and oxygen atoms in total. The molecule has 1 aromatic rings. The molecule has 4 rings (SSSR count). The molecule has 0 saturated carbocycles. The van der Waals surface area contributed by atoms with Crippen LogP contribution in [-0.2, 0) is 28.8 Å². The van der Waals surface area contributed by atoms with Crippen molar-refractivity contribution < 1.29 is 9.53 Å². The van der Waals surface area contributed by atoms with Crippen LogP contribution in [0.4, 0.5) is 0 Å². The predicted octanol–water partition coefficient (Wildman–Crippen LogP) is 2.25. The maximum atomic E-state index is 12.6. The zero-order valence-corrected chi connectivity index (χ0v) is 13.9. The molecular formula is C18H27N3O2. The summed E-state index contributed by atoms with van der Waals surface area (Å²) < 4.78 is 5.59. The number of rotatable bonds is 3. The van der Waals surface area contributed by atoms with E-state index in [9.17, 15) is 4.79 Å². The number of piperidine rings is 1. The number of H-pyrrole nitrogens is 1. The SMILES string of the molecule is O=C(CCc1n[nH]c2c1CCCC2)N1CCC[C@]2(CCOC2)C1. The summed E-state index contributed by atoms with van der Waals surface area (Å²) in [6.07, 6.45) is 9.57. The Bertz CT molecular complexity index is 575. The Morgan fingerprint density at radius 3 is 3.04 bits per heavy atom. The van der Waals surface area contributed by atoms with E-state index in [2.05, 4.69) is 15.1 Å². The molecule has 1 N–H and O–H groups in total. The van der Waals surface area contributed by atoms with Gasteiger partial charge in [-0.05, 0) is 50.5 Å². The second kappa shape index (κ2) is 6.27. The summed E-state index contributed by atoms with van der Waals surface area (Å²) >= 11 is 0. The highest BCUT2D eigenvalue weighted by Gasteiger charge is 2.40. The molecule has 5 heteroatoms. The lowest BCUT2D eigenvalue weighted by atomic mass is 9.79. The summed E-state index contributed by atoms with van der Waals surface area (Å²) in [5.41, 5.74) is 4.07. The van der Waals surface area contributed by atoms with E-state index in [0.29, 0.717) is 12.3 Å². The van der Waals surface area contributed by atoms with Crippen molar-refractivity contribution in [1.82, 2.24) is 15.1 Å². The molecule has 0 unspecified atom stereocenters. The highest BCUT2D eigenvalue weighted by molar-refractivity contribution is 5.76. The number of nitrogens with zero attached hydrogens (tertiary/aromatic N) is 2. The van der Waals surface area contributed by atoms with Crippen molar-refractivity contribution >= 4 is 5.91 Å². The van der Waals surface area contributed by atoms with Crippen molar-refractivity contribution in [2.45, 2.75) is 57.8 Å². The van der Waals surface area contributed by atoms with Crippen LogP contribution in [-0.4, -0.2) is 47.3 Å². The van der Waals surface area contributed by atoms with Gasteiger partial charge < -0.3 is 9.64 Å². The second-order valence-corrected chi connectivity index (χ2v) is 7.56. The Labute approximate surface area is 137 Å². The van der Waals surface area contributed by atoms with Gasteiger partial charge in [-0.2, -0.15) is 5.10 Å². The Hall–Kier alpha value is -1.36. The maximum Gasteiger partial charge on any atom is 0.222 e. The fraction of sp³-hybridized carbons (Fsp3) is 0.778. The maximum absolute atomic E-state index is 12.6. The minimum atomic E-state index is 0.249. The van der Waals surface area contributed by atoms with E-state index in [1.165, 1.54) is 30.5 Å². The molecule has 0 aromatic carbocycles.